The summed E-state index contributed by atoms with van der Waals surface area (Å²) in [7, 11) is 0. The van der Waals surface area contributed by atoms with Crippen molar-refractivity contribution in [3.63, 3.8) is 0 Å². The number of aromatic nitrogens is 3. The molecule has 1 saturated heterocycles. The van der Waals surface area contributed by atoms with Gasteiger partial charge in [-0.2, -0.15) is 15.0 Å². The summed E-state index contributed by atoms with van der Waals surface area (Å²) >= 11 is 11.3. The standard InChI is InChI=1S/C7H7Cl2N5O/c8-5-11-6(9)13-7(12-5)14-2-1-10-4(15)3-14/h1-3H2,(H,10,15). The van der Waals surface area contributed by atoms with Crippen molar-refractivity contribution in [3.05, 3.63) is 10.6 Å². The second-order valence-electron chi connectivity index (χ2n) is 2.94. The van der Waals surface area contributed by atoms with Crippen LogP contribution in [0.1, 0.15) is 0 Å². The van der Waals surface area contributed by atoms with Crippen molar-refractivity contribution in [2.45, 2.75) is 0 Å². The normalized spacial score (nSPS) is 16.4. The smallest absolute Gasteiger partial charge is 0.239 e. The van der Waals surface area contributed by atoms with Crippen LogP contribution in [0.3, 0.4) is 0 Å². The molecule has 8 heteroatoms. The van der Waals surface area contributed by atoms with Gasteiger partial charge in [0.25, 0.3) is 0 Å². The molecule has 1 aromatic rings. The number of amides is 1. The van der Waals surface area contributed by atoms with E-state index in [1.165, 1.54) is 0 Å². The first kappa shape index (κ1) is 10.4. The number of anilines is 1. The monoisotopic (exact) mass is 247 g/mol. The Morgan fingerprint density at radius 3 is 2.47 bits per heavy atom. The highest BCUT2D eigenvalue weighted by molar-refractivity contribution is 6.31. The molecule has 2 rings (SSSR count). The molecule has 1 aliphatic heterocycles. The molecule has 1 N–H and O–H groups in total. The molecule has 15 heavy (non-hydrogen) atoms. The summed E-state index contributed by atoms with van der Waals surface area (Å²) in [5.74, 6) is 0.253. The number of piperazine rings is 1. The van der Waals surface area contributed by atoms with Crippen LogP contribution in [0, 0.1) is 0 Å². The lowest BCUT2D eigenvalue weighted by atomic mass is 10.4. The predicted octanol–water partition coefficient (Wildman–Crippen LogP) is 0.115. The van der Waals surface area contributed by atoms with Gasteiger partial charge in [-0.15, -0.1) is 0 Å². The molecule has 1 fully saturated rings. The zero-order valence-electron chi connectivity index (χ0n) is 7.57. The molecule has 0 radical (unpaired) electrons. The van der Waals surface area contributed by atoms with E-state index in [9.17, 15) is 4.79 Å². The van der Waals surface area contributed by atoms with E-state index in [2.05, 4.69) is 20.3 Å². The van der Waals surface area contributed by atoms with E-state index in [4.69, 9.17) is 23.2 Å². The number of hydrogen-bond donors (Lipinski definition) is 1. The molecule has 1 aliphatic rings. The molecule has 80 valence electrons. The van der Waals surface area contributed by atoms with Crippen molar-refractivity contribution < 1.29 is 4.79 Å². The summed E-state index contributed by atoms with van der Waals surface area (Å²) in [5.41, 5.74) is 0. The molecule has 0 spiro atoms. The fourth-order valence-corrected chi connectivity index (χ4v) is 1.62. The summed E-state index contributed by atoms with van der Waals surface area (Å²) in [6, 6.07) is 0. The van der Waals surface area contributed by atoms with Gasteiger partial charge in [-0.3, -0.25) is 4.79 Å². The third kappa shape index (κ3) is 2.45. The average molecular weight is 248 g/mol. The molecule has 2 heterocycles. The maximum atomic E-state index is 11.1. The fraction of sp³-hybridized carbons (Fsp3) is 0.429. The van der Waals surface area contributed by atoms with Crippen molar-refractivity contribution >= 4 is 35.1 Å². The van der Waals surface area contributed by atoms with E-state index in [0.717, 1.165) is 0 Å². The Kier molecular flexibility index (Phi) is 2.88. The summed E-state index contributed by atoms with van der Waals surface area (Å²) < 4.78 is 0. The summed E-state index contributed by atoms with van der Waals surface area (Å²) in [6.45, 7) is 1.39. The highest BCUT2D eigenvalue weighted by Gasteiger charge is 2.19. The Morgan fingerprint density at radius 1 is 1.20 bits per heavy atom. The molecule has 0 bridgehead atoms. The van der Waals surface area contributed by atoms with E-state index in [-0.39, 0.29) is 23.0 Å². The second kappa shape index (κ2) is 4.16. The zero-order valence-corrected chi connectivity index (χ0v) is 9.09. The maximum Gasteiger partial charge on any atom is 0.239 e. The van der Waals surface area contributed by atoms with Crippen LogP contribution in [-0.2, 0) is 4.79 Å². The van der Waals surface area contributed by atoms with Crippen LogP contribution >= 0.6 is 23.2 Å². The van der Waals surface area contributed by atoms with Gasteiger partial charge in [-0.05, 0) is 23.2 Å². The van der Waals surface area contributed by atoms with Gasteiger partial charge in [0.15, 0.2) is 0 Å². The molecule has 0 saturated carbocycles. The summed E-state index contributed by atoms with van der Waals surface area (Å²) in [6.07, 6.45) is 0. The average Bonchev–Trinajstić information content (AvgIpc) is 2.16. The van der Waals surface area contributed by atoms with E-state index in [1.54, 1.807) is 4.90 Å². The highest BCUT2D eigenvalue weighted by Crippen LogP contribution is 2.14. The molecule has 0 unspecified atom stereocenters. The molecule has 1 amide bonds. The molecule has 0 aromatic carbocycles. The highest BCUT2D eigenvalue weighted by atomic mass is 35.5. The van der Waals surface area contributed by atoms with Gasteiger partial charge >= 0.3 is 0 Å². The lowest BCUT2D eigenvalue weighted by Crippen LogP contribution is -2.48. The third-order valence-electron chi connectivity index (χ3n) is 1.89. The maximum absolute atomic E-state index is 11.1. The zero-order chi connectivity index (χ0) is 10.8. The van der Waals surface area contributed by atoms with Gasteiger partial charge in [0.05, 0.1) is 6.54 Å². The molecule has 0 atom stereocenters. The van der Waals surface area contributed by atoms with Crippen molar-refractivity contribution in [3.8, 4) is 0 Å². The number of hydrogen-bond acceptors (Lipinski definition) is 5. The van der Waals surface area contributed by atoms with Crippen LogP contribution in [0.5, 0.6) is 0 Å². The van der Waals surface area contributed by atoms with Crippen molar-refractivity contribution in [1.29, 1.82) is 0 Å². The van der Waals surface area contributed by atoms with Crippen molar-refractivity contribution in [1.82, 2.24) is 20.3 Å². The third-order valence-corrected chi connectivity index (χ3v) is 2.23. The van der Waals surface area contributed by atoms with Gasteiger partial charge in [0.2, 0.25) is 22.4 Å². The number of carbonyl (C=O) groups is 1. The van der Waals surface area contributed by atoms with E-state index in [1.807, 2.05) is 0 Å². The number of carbonyl (C=O) groups excluding carboxylic acids is 1. The molecule has 6 nitrogen and oxygen atoms in total. The van der Waals surface area contributed by atoms with Crippen LogP contribution in [-0.4, -0.2) is 40.5 Å². The Balaban J connectivity index is 2.24. The molecule has 1 aromatic heterocycles. The van der Waals surface area contributed by atoms with Gasteiger partial charge in [0.1, 0.15) is 0 Å². The number of nitrogens with one attached hydrogen (secondary N) is 1. The fourth-order valence-electron chi connectivity index (χ4n) is 1.27. The minimum absolute atomic E-state index is 0.0241. The van der Waals surface area contributed by atoms with E-state index < -0.39 is 0 Å². The largest absolute Gasteiger partial charge is 0.353 e. The number of nitrogens with zero attached hydrogens (tertiary/aromatic N) is 4. The van der Waals surface area contributed by atoms with Gasteiger partial charge in [-0.25, -0.2) is 0 Å². The topological polar surface area (TPSA) is 71.0 Å². The Bertz CT molecular complexity index is 379. The number of halogens is 2. The van der Waals surface area contributed by atoms with Crippen LogP contribution in [0.25, 0.3) is 0 Å². The minimum Gasteiger partial charge on any atom is -0.353 e. The minimum atomic E-state index is -0.0751. The Morgan fingerprint density at radius 2 is 1.87 bits per heavy atom. The first-order valence-corrected chi connectivity index (χ1v) is 4.99. The number of rotatable bonds is 1. The molecular formula is C7H7Cl2N5O. The first-order valence-electron chi connectivity index (χ1n) is 4.24. The first-order chi connectivity index (χ1) is 7.15. The summed E-state index contributed by atoms with van der Waals surface area (Å²) in [4.78, 5) is 24.2. The van der Waals surface area contributed by atoms with Crippen LogP contribution in [0.15, 0.2) is 0 Å². The molecular weight excluding hydrogens is 241 g/mol. The quantitative estimate of drug-likeness (QED) is 0.764. The van der Waals surface area contributed by atoms with E-state index >= 15 is 0 Å². The predicted molar refractivity (Wildman–Crippen MR) is 55.1 cm³/mol. The lowest BCUT2D eigenvalue weighted by molar-refractivity contribution is -0.120. The van der Waals surface area contributed by atoms with Crippen LogP contribution < -0.4 is 10.2 Å². The Labute approximate surface area is 95.6 Å². The molecule has 0 aliphatic carbocycles. The second-order valence-corrected chi connectivity index (χ2v) is 3.62. The summed E-state index contributed by atoms with van der Waals surface area (Å²) in [5, 5.41) is 2.74. The van der Waals surface area contributed by atoms with E-state index in [0.29, 0.717) is 19.0 Å². The van der Waals surface area contributed by atoms with Crippen molar-refractivity contribution in [2.75, 3.05) is 24.5 Å². The van der Waals surface area contributed by atoms with Crippen LogP contribution in [0.4, 0.5) is 5.95 Å². The van der Waals surface area contributed by atoms with Crippen molar-refractivity contribution in [2.24, 2.45) is 0 Å². The van der Waals surface area contributed by atoms with Gasteiger partial charge < -0.3 is 10.2 Å². The Hall–Kier alpha value is -1.14. The van der Waals surface area contributed by atoms with Gasteiger partial charge in [-0.1, -0.05) is 0 Å². The SMILES string of the molecule is O=C1CN(c2nc(Cl)nc(Cl)n2)CCN1. The lowest BCUT2D eigenvalue weighted by Gasteiger charge is -2.26. The van der Waals surface area contributed by atoms with Gasteiger partial charge in [0, 0.05) is 13.1 Å². The van der Waals surface area contributed by atoms with Crippen LogP contribution in [0.2, 0.25) is 10.6 Å².